The van der Waals surface area contributed by atoms with E-state index in [9.17, 15) is 4.79 Å². The molecule has 0 heterocycles. The first kappa shape index (κ1) is 14.8. The van der Waals surface area contributed by atoms with Crippen LogP contribution in [0.2, 0.25) is 0 Å². The fourth-order valence-electron chi connectivity index (χ4n) is 3.52. The Balaban J connectivity index is 1.66. The van der Waals surface area contributed by atoms with Gasteiger partial charge in [0.05, 0.1) is 6.04 Å². The minimum Gasteiger partial charge on any atom is -0.352 e. The zero-order valence-corrected chi connectivity index (χ0v) is 12.6. The molecule has 0 aromatic heterocycles. The minimum atomic E-state index is -0.0465. The first-order chi connectivity index (χ1) is 9.16. The van der Waals surface area contributed by atoms with Gasteiger partial charge in [0.25, 0.3) is 0 Å². The Bertz CT molecular complexity index is 286. The SMILES string of the molecule is CC(NCC1CCCC1C)C(=O)NC1CCCCC1. The summed E-state index contributed by atoms with van der Waals surface area (Å²) >= 11 is 0. The molecule has 2 aliphatic rings. The van der Waals surface area contributed by atoms with E-state index in [2.05, 4.69) is 17.6 Å². The van der Waals surface area contributed by atoms with E-state index >= 15 is 0 Å². The van der Waals surface area contributed by atoms with Crippen molar-refractivity contribution >= 4 is 5.91 Å². The summed E-state index contributed by atoms with van der Waals surface area (Å²) in [5.74, 6) is 1.78. The molecule has 1 amide bonds. The van der Waals surface area contributed by atoms with Crippen LogP contribution in [0.4, 0.5) is 0 Å². The summed E-state index contributed by atoms with van der Waals surface area (Å²) in [5, 5.41) is 6.64. The normalized spacial score (nSPS) is 30.2. The molecule has 3 atom stereocenters. The summed E-state index contributed by atoms with van der Waals surface area (Å²) in [4.78, 5) is 12.1. The van der Waals surface area contributed by atoms with Crippen molar-refractivity contribution in [3.8, 4) is 0 Å². The number of nitrogens with one attached hydrogen (secondary N) is 2. The van der Waals surface area contributed by atoms with Crippen LogP contribution in [-0.4, -0.2) is 24.5 Å². The largest absolute Gasteiger partial charge is 0.352 e. The van der Waals surface area contributed by atoms with Crippen molar-refractivity contribution in [1.29, 1.82) is 0 Å². The molecule has 2 rings (SSSR count). The number of carbonyl (C=O) groups is 1. The summed E-state index contributed by atoms with van der Waals surface area (Å²) in [6, 6.07) is 0.380. The van der Waals surface area contributed by atoms with Crippen molar-refractivity contribution in [2.24, 2.45) is 11.8 Å². The lowest BCUT2D eigenvalue weighted by molar-refractivity contribution is -0.123. The fraction of sp³-hybridized carbons (Fsp3) is 0.938. The highest BCUT2D eigenvalue weighted by molar-refractivity contribution is 5.81. The lowest BCUT2D eigenvalue weighted by Crippen LogP contribution is -2.47. The molecule has 0 spiro atoms. The van der Waals surface area contributed by atoms with E-state index in [1.165, 1.54) is 38.5 Å². The van der Waals surface area contributed by atoms with E-state index in [-0.39, 0.29) is 11.9 Å². The second-order valence-electron chi connectivity index (χ2n) is 6.64. The van der Waals surface area contributed by atoms with E-state index < -0.39 is 0 Å². The molecule has 2 N–H and O–H groups in total. The molecule has 19 heavy (non-hydrogen) atoms. The first-order valence-electron chi connectivity index (χ1n) is 8.20. The molecule has 0 aliphatic heterocycles. The van der Waals surface area contributed by atoms with Gasteiger partial charge in [-0.25, -0.2) is 0 Å². The van der Waals surface area contributed by atoms with Gasteiger partial charge in [0, 0.05) is 6.04 Å². The van der Waals surface area contributed by atoms with E-state index in [4.69, 9.17) is 0 Å². The van der Waals surface area contributed by atoms with Gasteiger partial charge in [-0.2, -0.15) is 0 Å². The van der Waals surface area contributed by atoms with Crippen LogP contribution in [0, 0.1) is 11.8 Å². The van der Waals surface area contributed by atoms with Gasteiger partial charge in [-0.05, 0) is 44.6 Å². The topological polar surface area (TPSA) is 41.1 Å². The van der Waals surface area contributed by atoms with Crippen LogP contribution in [0.15, 0.2) is 0 Å². The van der Waals surface area contributed by atoms with Crippen LogP contribution in [0.5, 0.6) is 0 Å². The standard InChI is InChI=1S/C16H30N2O/c1-12-7-6-8-14(12)11-17-13(2)16(19)18-15-9-4-3-5-10-15/h12-15,17H,3-11H2,1-2H3,(H,18,19). The van der Waals surface area contributed by atoms with Crippen LogP contribution in [-0.2, 0) is 4.79 Å². The molecule has 0 bridgehead atoms. The van der Waals surface area contributed by atoms with E-state index in [0.717, 1.165) is 31.2 Å². The summed E-state index contributed by atoms with van der Waals surface area (Å²) in [6.45, 7) is 5.34. The van der Waals surface area contributed by atoms with Crippen molar-refractivity contribution in [1.82, 2.24) is 10.6 Å². The maximum atomic E-state index is 12.1. The highest BCUT2D eigenvalue weighted by Crippen LogP contribution is 2.30. The number of amides is 1. The second kappa shape index (κ2) is 7.28. The maximum absolute atomic E-state index is 12.1. The predicted molar refractivity (Wildman–Crippen MR) is 79.0 cm³/mol. The van der Waals surface area contributed by atoms with Gasteiger partial charge in [-0.1, -0.05) is 39.0 Å². The van der Waals surface area contributed by atoms with E-state index in [0.29, 0.717) is 6.04 Å². The van der Waals surface area contributed by atoms with Crippen LogP contribution in [0.1, 0.15) is 65.2 Å². The smallest absolute Gasteiger partial charge is 0.237 e. The molecule has 2 fully saturated rings. The fourth-order valence-corrected chi connectivity index (χ4v) is 3.52. The molecule has 0 saturated heterocycles. The van der Waals surface area contributed by atoms with E-state index in [1.807, 2.05) is 6.92 Å². The molecule has 2 aliphatic carbocycles. The Hall–Kier alpha value is -0.570. The van der Waals surface area contributed by atoms with Crippen molar-refractivity contribution in [3.63, 3.8) is 0 Å². The van der Waals surface area contributed by atoms with Crippen molar-refractivity contribution in [2.75, 3.05) is 6.54 Å². The maximum Gasteiger partial charge on any atom is 0.237 e. The molecule has 0 radical (unpaired) electrons. The Labute approximate surface area is 117 Å². The van der Waals surface area contributed by atoms with Crippen molar-refractivity contribution in [2.45, 2.75) is 77.3 Å². The molecule has 3 nitrogen and oxygen atoms in total. The van der Waals surface area contributed by atoms with Crippen LogP contribution >= 0.6 is 0 Å². The third-order valence-electron chi connectivity index (χ3n) is 5.07. The van der Waals surface area contributed by atoms with Gasteiger partial charge in [-0.3, -0.25) is 4.79 Å². The van der Waals surface area contributed by atoms with Gasteiger partial charge in [0.15, 0.2) is 0 Å². The zero-order valence-electron chi connectivity index (χ0n) is 12.6. The molecule has 0 aromatic rings. The van der Waals surface area contributed by atoms with Gasteiger partial charge >= 0.3 is 0 Å². The van der Waals surface area contributed by atoms with Crippen LogP contribution in [0.25, 0.3) is 0 Å². The van der Waals surface area contributed by atoms with Crippen LogP contribution < -0.4 is 10.6 Å². The van der Waals surface area contributed by atoms with Gasteiger partial charge in [-0.15, -0.1) is 0 Å². The molecule has 0 aromatic carbocycles. The molecular weight excluding hydrogens is 236 g/mol. The van der Waals surface area contributed by atoms with Crippen molar-refractivity contribution in [3.05, 3.63) is 0 Å². The second-order valence-corrected chi connectivity index (χ2v) is 6.64. The van der Waals surface area contributed by atoms with Gasteiger partial charge in [0.2, 0.25) is 5.91 Å². The Morgan fingerprint density at radius 3 is 2.47 bits per heavy atom. The summed E-state index contributed by atoms with van der Waals surface area (Å²) in [5.41, 5.74) is 0. The average molecular weight is 266 g/mol. The highest BCUT2D eigenvalue weighted by Gasteiger charge is 2.25. The van der Waals surface area contributed by atoms with Crippen LogP contribution in [0.3, 0.4) is 0 Å². The third-order valence-corrected chi connectivity index (χ3v) is 5.07. The predicted octanol–water partition coefficient (Wildman–Crippen LogP) is 2.85. The minimum absolute atomic E-state index is 0.0465. The highest BCUT2D eigenvalue weighted by atomic mass is 16.2. The zero-order chi connectivity index (χ0) is 13.7. The summed E-state index contributed by atoms with van der Waals surface area (Å²) in [6.07, 6.45) is 10.2. The number of rotatable bonds is 5. The monoisotopic (exact) mass is 266 g/mol. The molecule has 110 valence electrons. The average Bonchev–Trinajstić information content (AvgIpc) is 2.82. The summed E-state index contributed by atoms with van der Waals surface area (Å²) < 4.78 is 0. The third kappa shape index (κ3) is 4.48. The Morgan fingerprint density at radius 1 is 1.11 bits per heavy atom. The van der Waals surface area contributed by atoms with Gasteiger partial charge < -0.3 is 10.6 Å². The summed E-state index contributed by atoms with van der Waals surface area (Å²) in [7, 11) is 0. The van der Waals surface area contributed by atoms with Crippen molar-refractivity contribution < 1.29 is 4.79 Å². The molecule has 3 heteroatoms. The number of hydrogen-bond donors (Lipinski definition) is 2. The van der Waals surface area contributed by atoms with Gasteiger partial charge in [0.1, 0.15) is 0 Å². The lowest BCUT2D eigenvalue weighted by Gasteiger charge is -2.25. The Kier molecular flexibility index (Phi) is 5.68. The molecule has 3 unspecified atom stereocenters. The molecule has 2 saturated carbocycles. The first-order valence-corrected chi connectivity index (χ1v) is 8.20. The van der Waals surface area contributed by atoms with E-state index in [1.54, 1.807) is 0 Å². The number of hydrogen-bond acceptors (Lipinski definition) is 2. The number of carbonyl (C=O) groups excluding carboxylic acids is 1. The Morgan fingerprint density at radius 2 is 1.84 bits per heavy atom. The lowest BCUT2D eigenvalue weighted by atomic mass is 9.95. The molecular formula is C16H30N2O. The quantitative estimate of drug-likeness (QED) is 0.803.